The van der Waals surface area contributed by atoms with Gasteiger partial charge in [0, 0.05) is 43.7 Å². The molecule has 2 aliphatic rings. The SMILES string of the molecule is O=S(=O)(c1ccc(-c2csc(C3CN(Cc4ccccc4)CCO3)n2)cc1)N1CCCCC1. The third-order valence-electron chi connectivity index (χ3n) is 6.30. The quantitative estimate of drug-likeness (QED) is 0.514. The summed E-state index contributed by atoms with van der Waals surface area (Å²) in [5.41, 5.74) is 3.09. The first-order chi connectivity index (χ1) is 16.1. The van der Waals surface area contributed by atoms with Gasteiger partial charge in [0.05, 0.1) is 17.2 Å². The van der Waals surface area contributed by atoms with Gasteiger partial charge >= 0.3 is 0 Å². The lowest BCUT2D eigenvalue weighted by Gasteiger charge is -2.32. The van der Waals surface area contributed by atoms with Crippen molar-refractivity contribution in [2.75, 3.05) is 32.8 Å². The lowest BCUT2D eigenvalue weighted by molar-refractivity contribution is -0.0329. The topological polar surface area (TPSA) is 62.7 Å². The molecule has 1 atom stereocenters. The van der Waals surface area contributed by atoms with Gasteiger partial charge < -0.3 is 4.74 Å². The van der Waals surface area contributed by atoms with Gasteiger partial charge in [0.25, 0.3) is 0 Å². The Balaban J connectivity index is 1.26. The zero-order chi connectivity index (χ0) is 22.7. The second-order valence-corrected chi connectivity index (χ2v) is 11.5. The van der Waals surface area contributed by atoms with Crippen LogP contribution in [-0.4, -0.2) is 55.4 Å². The number of piperidine rings is 1. The molecule has 174 valence electrons. The van der Waals surface area contributed by atoms with Gasteiger partial charge in [-0.25, -0.2) is 13.4 Å². The molecule has 0 aliphatic carbocycles. The van der Waals surface area contributed by atoms with E-state index in [0.717, 1.165) is 55.2 Å². The van der Waals surface area contributed by atoms with Crippen LogP contribution >= 0.6 is 11.3 Å². The van der Waals surface area contributed by atoms with E-state index in [1.165, 1.54) is 5.56 Å². The third-order valence-corrected chi connectivity index (χ3v) is 9.15. The van der Waals surface area contributed by atoms with E-state index in [4.69, 9.17) is 9.72 Å². The van der Waals surface area contributed by atoms with Gasteiger partial charge in [0.1, 0.15) is 11.1 Å². The van der Waals surface area contributed by atoms with Crippen LogP contribution in [0.2, 0.25) is 0 Å². The minimum Gasteiger partial charge on any atom is -0.368 e. The minimum absolute atomic E-state index is 0.0417. The van der Waals surface area contributed by atoms with Crippen molar-refractivity contribution in [3.8, 4) is 11.3 Å². The van der Waals surface area contributed by atoms with Crippen LogP contribution in [0.5, 0.6) is 0 Å². The summed E-state index contributed by atoms with van der Waals surface area (Å²) >= 11 is 1.60. The van der Waals surface area contributed by atoms with Crippen molar-refractivity contribution < 1.29 is 13.2 Å². The van der Waals surface area contributed by atoms with Crippen LogP contribution in [0.4, 0.5) is 0 Å². The normalized spacial score (nSPS) is 20.7. The van der Waals surface area contributed by atoms with Gasteiger partial charge in [-0.2, -0.15) is 4.31 Å². The zero-order valence-electron chi connectivity index (χ0n) is 18.6. The van der Waals surface area contributed by atoms with Gasteiger partial charge in [-0.05, 0) is 30.5 Å². The fourth-order valence-corrected chi connectivity index (χ4v) is 6.84. The van der Waals surface area contributed by atoms with Crippen LogP contribution in [0.3, 0.4) is 0 Å². The first-order valence-corrected chi connectivity index (χ1v) is 13.9. The predicted octanol–water partition coefficient (Wildman–Crippen LogP) is 4.56. The molecule has 3 heterocycles. The molecule has 0 amide bonds. The highest BCUT2D eigenvalue weighted by Crippen LogP contribution is 2.31. The van der Waals surface area contributed by atoms with E-state index in [-0.39, 0.29) is 6.10 Å². The maximum Gasteiger partial charge on any atom is 0.243 e. The minimum atomic E-state index is -3.41. The molecule has 33 heavy (non-hydrogen) atoms. The lowest BCUT2D eigenvalue weighted by Crippen LogP contribution is -2.37. The molecule has 1 aromatic heterocycles. The van der Waals surface area contributed by atoms with Gasteiger partial charge in [0.2, 0.25) is 10.0 Å². The van der Waals surface area contributed by atoms with Crippen LogP contribution in [0.25, 0.3) is 11.3 Å². The molecule has 0 bridgehead atoms. The number of rotatable bonds is 6. The van der Waals surface area contributed by atoms with Crippen molar-refractivity contribution in [1.29, 1.82) is 0 Å². The van der Waals surface area contributed by atoms with E-state index in [0.29, 0.717) is 24.6 Å². The second kappa shape index (κ2) is 10.0. The van der Waals surface area contributed by atoms with Gasteiger partial charge in [0.15, 0.2) is 0 Å². The van der Waals surface area contributed by atoms with Crippen molar-refractivity contribution >= 4 is 21.4 Å². The number of hydrogen-bond acceptors (Lipinski definition) is 6. The molecule has 5 rings (SSSR count). The number of thiazole rings is 1. The largest absolute Gasteiger partial charge is 0.368 e. The van der Waals surface area contributed by atoms with Crippen molar-refractivity contribution in [3.05, 3.63) is 70.5 Å². The van der Waals surface area contributed by atoms with E-state index >= 15 is 0 Å². The molecule has 2 aromatic carbocycles. The zero-order valence-corrected chi connectivity index (χ0v) is 20.2. The van der Waals surface area contributed by atoms with Crippen LogP contribution < -0.4 is 0 Å². The summed E-state index contributed by atoms with van der Waals surface area (Å²) in [7, 11) is -3.41. The molecule has 2 saturated heterocycles. The van der Waals surface area contributed by atoms with Gasteiger partial charge in [-0.15, -0.1) is 11.3 Å². The highest BCUT2D eigenvalue weighted by Gasteiger charge is 2.27. The van der Waals surface area contributed by atoms with Crippen molar-refractivity contribution in [1.82, 2.24) is 14.2 Å². The van der Waals surface area contributed by atoms with E-state index in [1.54, 1.807) is 27.8 Å². The summed E-state index contributed by atoms with van der Waals surface area (Å²) in [5, 5.41) is 3.00. The number of benzene rings is 2. The second-order valence-electron chi connectivity index (χ2n) is 8.64. The Morgan fingerprint density at radius 1 is 0.970 bits per heavy atom. The Morgan fingerprint density at radius 3 is 2.48 bits per heavy atom. The van der Waals surface area contributed by atoms with E-state index in [1.807, 2.05) is 23.6 Å². The molecular weight excluding hydrogens is 454 g/mol. The molecule has 3 aromatic rings. The molecular formula is C25H29N3O3S2. The first-order valence-electron chi connectivity index (χ1n) is 11.5. The highest BCUT2D eigenvalue weighted by molar-refractivity contribution is 7.89. The summed E-state index contributed by atoms with van der Waals surface area (Å²) in [4.78, 5) is 7.60. The Kier molecular flexibility index (Phi) is 6.89. The molecule has 2 aliphatic heterocycles. The summed E-state index contributed by atoms with van der Waals surface area (Å²) in [6.07, 6.45) is 2.93. The Bertz CT molecular complexity index is 1160. The summed E-state index contributed by atoms with van der Waals surface area (Å²) in [6, 6.07) is 17.6. The first kappa shape index (κ1) is 22.7. The fraction of sp³-hybridized carbons (Fsp3) is 0.400. The Labute approximate surface area is 199 Å². The Hall–Kier alpha value is -2.10. The molecule has 0 radical (unpaired) electrons. The monoisotopic (exact) mass is 483 g/mol. The smallest absolute Gasteiger partial charge is 0.243 e. The maximum atomic E-state index is 12.9. The highest BCUT2D eigenvalue weighted by atomic mass is 32.2. The number of hydrogen-bond donors (Lipinski definition) is 0. The molecule has 8 heteroatoms. The molecule has 6 nitrogen and oxygen atoms in total. The number of ether oxygens (including phenoxy) is 1. The van der Waals surface area contributed by atoms with Crippen LogP contribution in [0.1, 0.15) is 35.9 Å². The van der Waals surface area contributed by atoms with E-state index < -0.39 is 10.0 Å². The summed E-state index contributed by atoms with van der Waals surface area (Å²) in [5.74, 6) is 0. The molecule has 0 spiro atoms. The Morgan fingerprint density at radius 2 is 1.73 bits per heavy atom. The number of sulfonamides is 1. The fourth-order valence-electron chi connectivity index (χ4n) is 4.46. The third kappa shape index (κ3) is 5.20. The maximum absolute atomic E-state index is 12.9. The lowest BCUT2D eigenvalue weighted by atomic mass is 10.2. The number of morpholine rings is 1. The molecule has 0 saturated carbocycles. The van der Waals surface area contributed by atoms with Gasteiger partial charge in [-0.1, -0.05) is 48.9 Å². The number of nitrogens with zero attached hydrogens (tertiary/aromatic N) is 3. The van der Waals surface area contributed by atoms with Crippen molar-refractivity contribution in [2.45, 2.75) is 36.8 Å². The predicted molar refractivity (Wildman–Crippen MR) is 131 cm³/mol. The van der Waals surface area contributed by atoms with E-state index in [9.17, 15) is 8.42 Å². The van der Waals surface area contributed by atoms with Crippen molar-refractivity contribution in [3.63, 3.8) is 0 Å². The molecule has 1 unspecified atom stereocenters. The van der Waals surface area contributed by atoms with Crippen molar-refractivity contribution in [2.24, 2.45) is 0 Å². The average molecular weight is 484 g/mol. The van der Waals surface area contributed by atoms with E-state index in [2.05, 4.69) is 29.2 Å². The summed E-state index contributed by atoms with van der Waals surface area (Å²) in [6.45, 7) is 4.55. The van der Waals surface area contributed by atoms with Crippen LogP contribution in [-0.2, 0) is 21.3 Å². The van der Waals surface area contributed by atoms with Crippen LogP contribution in [0.15, 0.2) is 64.9 Å². The molecule has 0 N–H and O–H groups in total. The average Bonchev–Trinajstić information content (AvgIpc) is 3.36. The van der Waals surface area contributed by atoms with Gasteiger partial charge in [-0.3, -0.25) is 4.90 Å². The standard InChI is InChI=1S/C25H29N3O3S2/c29-33(30,28-13-5-2-6-14-28)22-11-9-21(10-12-22)23-19-32-25(26-23)24-18-27(15-16-31-24)17-20-7-3-1-4-8-20/h1,3-4,7-12,19,24H,2,5-6,13-18H2. The molecule has 2 fully saturated rings. The number of aromatic nitrogens is 1. The summed E-state index contributed by atoms with van der Waals surface area (Å²) < 4.78 is 33.4. The van der Waals surface area contributed by atoms with Crippen LogP contribution in [0, 0.1) is 0 Å².